The number of aromatic nitrogens is 3. The summed E-state index contributed by atoms with van der Waals surface area (Å²) in [5, 5.41) is 19.5. The Balaban J connectivity index is 1.45. The third-order valence-electron chi connectivity index (χ3n) is 5.37. The molecule has 3 aromatic heterocycles. The van der Waals surface area contributed by atoms with Crippen LogP contribution in [-0.4, -0.2) is 49.8 Å². The summed E-state index contributed by atoms with van der Waals surface area (Å²) >= 11 is 3.09. The number of pyridine rings is 1. The van der Waals surface area contributed by atoms with Gasteiger partial charge in [-0.05, 0) is 53.8 Å². The molecule has 34 heavy (non-hydrogen) atoms. The molecular weight excluding hydrogens is 466 g/mol. The molecule has 2 atom stereocenters. The van der Waals surface area contributed by atoms with E-state index in [1.807, 2.05) is 53.7 Å². The fraction of sp³-hybridized carbons (Fsp3) is 0.240. The summed E-state index contributed by atoms with van der Waals surface area (Å²) in [4.78, 5) is 21.4. The molecule has 1 amide bonds. The number of amides is 1. The quantitative estimate of drug-likeness (QED) is 0.282. The fourth-order valence-corrected chi connectivity index (χ4v) is 4.79. The zero-order valence-corrected chi connectivity index (χ0v) is 20.6. The number of carbonyl (C=O) groups excluding carboxylic acids is 1. The highest BCUT2D eigenvalue weighted by Gasteiger charge is 2.23. The molecule has 0 radical (unpaired) electrons. The van der Waals surface area contributed by atoms with Gasteiger partial charge in [-0.2, -0.15) is 11.8 Å². The van der Waals surface area contributed by atoms with Crippen molar-refractivity contribution in [1.82, 2.24) is 19.9 Å². The highest BCUT2D eigenvalue weighted by molar-refractivity contribution is 7.98. The summed E-state index contributed by atoms with van der Waals surface area (Å²) in [5.74, 6) is 0.601. The minimum absolute atomic E-state index is 0.208. The van der Waals surface area contributed by atoms with Crippen LogP contribution in [0.4, 0.5) is 5.13 Å². The number of benzene rings is 1. The Morgan fingerprint density at radius 2 is 1.97 bits per heavy atom. The van der Waals surface area contributed by atoms with E-state index in [9.17, 15) is 9.90 Å². The maximum atomic E-state index is 12.6. The number of aliphatic hydroxyl groups is 1. The van der Waals surface area contributed by atoms with Crippen LogP contribution in [-0.2, 0) is 7.05 Å². The predicted molar refractivity (Wildman–Crippen MR) is 140 cm³/mol. The summed E-state index contributed by atoms with van der Waals surface area (Å²) in [6, 6.07) is 13.4. The molecule has 0 saturated carbocycles. The second-order valence-corrected chi connectivity index (χ2v) is 9.71. The van der Waals surface area contributed by atoms with Crippen LogP contribution in [0.5, 0.6) is 0 Å². The fourth-order valence-electron chi connectivity index (χ4n) is 3.55. The van der Waals surface area contributed by atoms with Crippen molar-refractivity contribution in [2.75, 3.05) is 17.3 Å². The first-order valence-corrected chi connectivity index (χ1v) is 13.1. The normalized spacial score (nSPS) is 12.8. The van der Waals surface area contributed by atoms with Crippen LogP contribution in [0.25, 0.3) is 22.4 Å². The molecule has 1 aromatic carbocycles. The number of nitrogens with one attached hydrogen (secondary N) is 2. The lowest BCUT2D eigenvalue weighted by molar-refractivity contribution is 0.0866. The van der Waals surface area contributed by atoms with Gasteiger partial charge in [0.05, 0.1) is 17.3 Å². The van der Waals surface area contributed by atoms with E-state index in [4.69, 9.17) is 0 Å². The van der Waals surface area contributed by atoms with Crippen molar-refractivity contribution in [2.24, 2.45) is 7.05 Å². The van der Waals surface area contributed by atoms with Crippen LogP contribution in [0.2, 0.25) is 0 Å². The van der Waals surface area contributed by atoms with Gasteiger partial charge in [0.2, 0.25) is 0 Å². The van der Waals surface area contributed by atoms with Gasteiger partial charge in [0.1, 0.15) is 6.23 Å². The second-order valence-electron chi connectivity index (χ2n) is 7.87. The van der Waals surface area contributed by atoms with E-state index in [0.29, 0.717) is 17.1 Å². The lowest BCUT2D eigenvalue weighted by atomic mass is 10.0. The molecule has 3 N–H and O–H groups in total. The van der Waals surface area contributed by atoms with Gasteiger partial charge in [-0.15, -0.1) is 11.3 Å². The average molecular weight is 494 g/mol. The van der Waals surface area contributed by atoms with E-state index in [0.717, 1.165) is 28.1 Å². The zero-order chi connectivity index (χ0) is 23.9. The molecule has 1 unspecified atom stereocenters. The molecule has 0 bridgehead atoms. The number of thiazole rings is 1. The van der Waals surface area contributed by atoms with Crippen molar-refractivity contribution in [3.63, 3.8) is 0 Å². The van der Waals surface area contributed by atoms with Crippen LogP contribution in [0, 0.1) is 0 Å². The summed E-state index contributed by atoms with van der Waals surface area (Å²) < 4.78 is 1.82. The first-order chi connectivity index (χ1) is 16.5. The van der Waals surface area contributed by atoms with Gasteiger partial charge in [-0.25, -0.2) is 4.98 Å². The Kier molecular flexibility index (Phi) is 7.99. The Hall–Kier alpha value is -3.14. The van der Waals surface area contributed by atoms with Crippen molar-refractivity contribution in [3.8, 4) is 22.4 Å². The lowest BCUT2D eigenvalue weighted by Gasteiger charge is -2.24. The number of nitrogens with zero attached hydrogens (tertiary/aromatic N) is 3. The van der Waals surface area contributed by atoms with Gasteiger partial charge in [0, 0.05) is 42.8 Å². The number of thioether (sulfide) groups is 1. The van der Waals surface area contributed by atoms with E-state index in [1.54, 1.807) is 36.4 Å². The molecule has 9 heteroatoms. The first-order valence-electron chi connectivity index (χ1n) is 10.9. The summed E-state index contributed by atoms with van der Waals surface area (Å²) in [5.41, 5.74) is 4.55. The third-order valence-corrected chi connectivity index (χ3v) is 6.79. The number of anilines is 1. The number of hydrogen-bond donors (Lipinski definition) is 3. The van der Waals surface area contributed by atoms with E-state index < -0.39 is 12.3 Å². The van der Waals surface area contributed by atoms with E-state index in [2.05, 4.69) is 32.7 Å². The highest BCUT2D eigenvalue weighted by Crippen LogP contribution is 2.29. The van der Waals surface area contributed by atoms with E-state index in [-0.39, 0.29) is 5.91 Å². The molecule has 7 nitrogen and oxygen atoms in total. The highest BCUT2D eigenvalue weighted by atomic mass is 32.2. The van der Waals surface area contributed by atoms with Gasteiger partial charge in [-0.1, -0.05) is 18.2 Å². The molecule has 0 spiro atoms. The maximum absolute atomic E-state index is 12.6. The number of rotatable bonds is 10. The van der Waals surface area contributed by atoms with E-state index in [1.165, 1.54) is 11.3 Å². The predicted octanol–water partition coefficient (Wildman–Crippen LogP) is 4.49. The van der Waals surface area contributed by atoms with Gasteiger partial charge in [0.15, 0.2) is 5.13 Å². The van der Waals surface area contributed by atoms with Crippen LogP contribution in [0.3, 0.4) is 0 Å². The smallest absolute Gasteiger partial charge is 0.253 e. The summed E-state index contributed by atoms with van der Waals surface area (Å²) in [6.45, 7) is 0. The molecule has 0 aliphatic heterocycles. The van der Waals surface area contributed by atoms with Crippen molar-refractivity contribution >= 4 is 34.1 Å². The molecule has 4 rings (SSSR count). The molecule has 176 valence electrons. The SMILES string of the molecule is CSCC[C@H](NC(=O)c1ccn(C)c1)C(O)Nc1nc(-c2cccc(-c3ccncc3)c2)cs1. The molecule has 0 aliphatic carbocycles. The van der Waals surface area contributed by atoms with Crippen molar-refractivity contribution in [2.45, 2.75) is 18.7 Å². The number of carbonyl (C=O) groups is 1. The average Bonchev–Trinajstić information content (AvgIpc) is 3.51. The van der Waals surface area contributed by atoms with Crippen LogP contribution < -0.4 is 10.6 Å². The largest absolute Gasteiger partial charge is 0.372 e. The minimum atomic E-state index is -0.970. The van der Waals surface area contributed by atoms with E-state index >= 15 is 0 Å². The topological polar surface area (TPSA) is 92.1 Å². The summed E-state index contributed by atoms with van der Waals surface area (Å²) in [7, 11) is 1.87. The standard InChI is InChI=1S/C25H27N5O2S2/c1-30-12-8-20(15-30)23(31)27-21(9-13-33-2)24(32)29-25-28-22(16-34-25)19-5-3-4-18(14-19)17-6-10-26-11-7-17/h3-8,10-12,14-16,21,24,32H,9,13H2,1-2H3,(H,27,31)(H,28,29)/t21-,24?/m0/s1. The van der Waals surface area contributed by atoms with Crippen LogP contribution in [0.1, 0.15) is 16.8 Å². The molecular formula is C25H27N5O2S2. The Morgan fingerprint density at radius 3 is 2.71 bits per heavy atom. The third kappa shape index (κ3) is 6.05. The van der Waals surface area contributed by atoms with Crippen molar-refractivity contribution in [3.05, 3.63) is 78.2 Å². The Morgan fingerprint density at radius 1 is 1.18 bits per heavy atom. The van der Waals surface area contributed by atoms with Crippen LogP contribution >= 0.6 is 23.1 Å². The Bertz CT molecular complexity index is 1220. The molecule has 0 fully saturated rings. The Labute approximate surface area is 207 Å². The zero-order valence-electron chi connectivity index (χ0n) is 19.0. The van der Waals surface area contributed by atoms with Gasteiger partial charge >= 0.3 is 0 Å². The summed E-state index contributed by atoms with van der Waals surface area (Å²) in [6.07, 6.45) is 8.79. The number of hydrogen-bond acceptors (Lipinski definition) is 7. The minimum Gasteiger partial charge on any atom is -0.372 e. The number of aryl methyl sites for hydroxylation is 1. The molecule has 4 aromatic rings. The monoisotopic (exact) mass is 493 g/mol. The van der Waals surface area contributed by atoms with Crippen molar-refractivity contribution in [1.29, 1.82) is 0 Å². The van der Waals surface area contributed by atoms with Gasteiger partial charge in [0.25, 0.3) is 5.91 Å². The maximum Gasteiger partial charge on any atom is 0.253 e. The first kappa shape index (κ1) is 24.0. The molecule has 0 saturated heterocycles. The second kappa shape index (κ2) is 11.3. The molecule has 0 aliphatic rings. The van der Waals surface area contributed by atoms with Crippen molar-refractivity contribution < 1.29 is 9.90 Å². The number of aliphatic hydroxyl groups excluding tert-OH is 1. The lowest BCUT2D eigenvalue weighted by Crippen LogP contribution is -2.47. The van der Waals surface area contributed by atoms with Gasteiger partial charge < -0.3 is 20.3 Å². The van der Waals surface area contributed by atoms with Crippen LogP contribution in [0.15, 0.2) is 72.6 Å². The van der Waals surface area contributed by atoms with Gasteiger partial charge in [-0.3, -0.25) is 9.78 Å². The molecule has 3 heterocycles.